The Balaban J connectivity index is 2.41. The molecular weight excluding hydrogens is 292 g/mol. The zero-order valence-corrected chi connectivity index (χ0v) is 12.1. The standard InChI is InChI=1S/C10H15BrN2S2/c1-3-4-12-10(14)13(2)6-8-5-9(11)15-7-8/h5,7H,3-4,6H2,1-2H3,(H,12,14). The van der Waals surface area contributed by atoms with E-state index in [1.807, 2.05) is 7.05 Å². The van der Waals surface area contributed by atoms with E-state index >= 15 is 0 Å². The van der Waals surface area contributed by atoms with Crippen molar-refractivity contribution in [3.05, 3.63) is 20.8 Å². The fourth-order valence-electron chi connectivity index (χ4n) is 1.14. The molecule has 0 aliphatic rings. The van der Waals surface area contributed by atoms with Crippen molar-refractivity contribution in [2.45, 2.75) is 19.9 Å². The van der Waals surface area contributed by atoms with Gasteiger partial charge in [-0.15, -0.1) is 11.3 Å². The van der Waals surface area contributed by atoms with Gasteiger partial charge >= 0.3 is 0 Å². The molecule has 1 rings (SSSR count). The summed E-state index contributed by atoms with van der Waals surface area (Å²) in [5.41, 5.74) is 1.29. The lowest BCUT2D eigenvalue weighted by Crippen LogP contribution is -2.36. The molecule has 1 aromatic heterocycles. The molecular formula is C10H15BrN2S2. The molecule has 5 heteroatoms. The van der Waals surface area contributed by atoms with Gasteiger partial charge in [0.25, 0.3) is 0 Å². The van der Waals surface area contributed by atoms with Gasteiger partial charge in [0.2, 0.25) is 0 Å². The minimum atomic E-state index is 0.819. The average molecular weight is 307 g/mol. The normalized spacial score (nSPS) is 10.1. The van der Waals surface area contributed by atoms with Crippen LogP contribution in [-0.4, -0.2) is 23.6 Å². The van der Waals surface area contributed by atoms with Crippen molar-refractivity contribution in [1.82, 2.24) is 10.2 Å². The van der Waals surface area contributed by atoms with Gasteiger partial charge in [-0.05, 0) is 51.6 Å². The molecule has 0 aromatic carbocycles. The van der Waals surface area contributed by atoms with Crippen molar-refractivity contribution in [2.75, 3.05) is 13.6 Å². The van der Waals surface area contributed by atoms with E-state index in [0.717, 1.165) is 24.6 Å². The van der Waals surface area contributed by atoms with Crippen LogP contribution in [0.3, 0.4) is 0 Å². The van der Waals surface area contributed by atoms with Crippen molar-refractivity contribution < 1.29 is 0 Å². The third-order valence-electron chi connectivity index (χ3n) is 1.91. The van der Waals surface area contributed by atoms with Crippen molar-refractivity contribution in [1.29, 1.82) is 0 Å². The Morgan fingerprint density at radius 1 is 1.67 bits per heavy atom. The maximum absolute atomic E-state index is 5.25. The smallest absolute Gasteiger partial charge is 0.168 e. The maximum Gasteiger partial charge on any atom is 0.168 e. The molecule has 0 amide bonds. The van der Waals surface area contributed by atoms with Crippen LogP contribution in [0.15, 0.2) is 15.2 Å². The van der Waals surface area contributed by atoms with Crippen LogP contribution in [0.1, 0.15) is 18.9 Å². The van der Waals surface area contributed by atoms with Gasteiger partial charge in [-0.2, -0.15) is 0 Å². The fraction of sp³-hybridized carbons (Fsp3) is 0.500. The molecule has 0 aliphatic carbocycles. The zero-order chi connectivity index (χ0) is 11.3. The molecule has 15 heavy (non-hydrogen) atoms. The first-order valence-electron chi connectivity index (χ1n) is 4.85. The molecule has 0 atom stereocenters. The van der Waals surface area contributed by atoms with E-state index in [2.05, 4.69) is 44.5 Å². The van der Waals surface area contributed by atoms with Crippen molar-refractivity contribution in [3.8, 4) is 0 Å². The molecule has 1 aromatic rings. The topological polar surface area (TPSA) is 15.3 Å². The quantitative estimate of drug-likeness (QED) is 0.860. The third kappa shape index (κ3) is 4.49. The molecule has 0 saturated carbocycles. The van der Waals surface area contributed by atoms with Gasteiger partial charge in [0.1, 0.15) is 0 Å². The highest BCUT2D eigenvalue weighted by molar-refractivity contribution is 9.11. The van der Waals surface area contributed by atoms with E-state index in [4.69, 9.17) is 12.2 Å². The summed E-state index contributed by atoms with van der Waals surface area (Å²) in [4.78, 5) is 2.06. The van der Waals surface area contributed by atoms with Gasteiger partial charge in [-0.1, -0.05) is 6.92 Å². The SMILES string of the molecule is CCCNC(=S)N(C)Cc1csc(Br)c1. The molecule has 1 heterocycles. The molecule has 0 spiro atoms. The third-order valence-corrected chi connectivity index (χ3v) is 3.92. The number of halogens is 1. The molecule has 0 aliphatic heterocycles. The van der Waals surface area contributed by atoms with Crippen molar-refractivity contribution in [2.24, 2.45) is 0 Å². The molecule has 1 N–H and O–H groups in total. The lowest BCUT2D eigenvalue weighted by atomic mass is 10.3. The molecule has 2 nitrogen and oxygen atoms in total. The Morgan fingerprint density at radius 3 is 2.93 bits per heavy atom. The summed E-state index contributed by atoms with van der Waals surface area (Å²) >= 11 is 10.4. The van der Waals surface area contributed by atoms with E-state index in [9.17, 15) is 0 Å². The number of nitrogens with one attached hydrogen (secondary N) is 1. The first-order valence-corrected chi connectivity index (χ1v) is 6.93. The van der Waals surface area contributed by atoms with E-state index in [0.29, 0.717) is 0 Å². The van der Waals surface area contributed by atoms with Gasteiger partial charge in [0, 0.05) is 20.1 Å². The number of thiocarbonyl (C=S) groups is 1. The number of nitrogens with zero attached hydrogens (tertiary/aromatic N) is 1. The number of thiophene rings is 1. The Kier molecular flexibility index (Phi) is 5.56. The van der Waals surface area contributed by atoms with E-state index in [1.54, 1.807) is 11.3 Å². The molecule has 84 valence electrons. The molecule has 0 fully saturated rings. The minimum Gasteiger partial charge on any atom is -0.363 e. The maximum atomic E-state index is 5.25. The number of hydrogen-bond acceptors (Lipinski definition) is 2. The first kappa shape index (κ1) is 12.9. The van der Waals surface area contributed by atoms with Gasteiger partial charge < -0.3 is 10.2 Å². The van der Waals surface area contributed by atoms with Crippen LogP contribution in [0.4, 0.5) is 0 Å². The minimum absolute atomic E-state index is 0.819. The van der Waals surface area contributed by atoms with Crippen LogP contribution in [-0.2, 0) is 6.54 Å². The van der Waals surface area contributed by atoms with Crippen LogP contribution in [0, 0.1) is 0 Å². The largest absolute Gasteiger partial charge is 0.363 e. The van der Waals surface area contributed by atoms with Gasteiger partial charge in [0.15, 0.2) is 5.11 Å². The summed E-state index contributed by atoms with van der Waals surface area (Å²) in [7, 11) is 2.01. The predicted molar refractivity (Wildman–Crippen MR) is 74.4 cm³/mol. The second-order valence-electron chi connectivity index (χ2n) is 3.35. The van der Waals surface area contributed by atoms with Crippen LogP contribution in [0.5, 0.6) is 0 Å². The average Bonchev–Trinajstić information content (AvgIpc) is 2.60. The van der Waals surface area contributed by atoms with Crippen LogP contribution in [0.2, 0.25) is 0 Å². The fourth-order valence-corrected chi connectivity index (χ4v) is 2.51. The predicted octanol–water partition coefficient (Wildman–Crippen LogP) is 3.23. The monoisotopic (exact) mass is 306 g/mol. The van der Waals surface area contributed by atoms with Gasteiger partial charge in [-0.3, -0.25) is 0 Å². The van der Waals surface area contributed by atoms with E-state index in [-0.39, 0.29) is 0 Å². The lowest BCUT2D eigenvalue weighted by Gasteiger charge is -2.20. The van der Waals surface area contributed by atoms with Gasteiger partial charge in [-0.25, -0.2) is 0 Å². The Bertz CT molecular complexity index is 325. The van der Waals surface area contributed by atoms with Gasteiger partial charge in [0.05, 0.1) is 3.79 Å². The highest BCUT2D eigenvalue weighted by Crippen LogP contribution is 2.21. The van der Waals surface area contributed by atoms with Crippen molar-refractivity contribution >= 4 is 44.6 Å². The molecule has 0 radical (unpaired) electrons. The Hall–Kier alpha value is -0.130. The second-order valence-corrected chi connectivity index (χ2v) is 6.02. The van der Waals surface area contributed by atoms with Crippen LogP contribution < -0.4 is 5.32 Å². The molecule has 0 saturated heterocycles. The second kappa shape index (κ2) is 6.45. The highest BCUT2D eigenvalue weighted by Gasteiger charge is 2.05. The highest BCUT2D eigenvalue weighted by atomic mass is 79.9. The van der Waals surface area contributed by atoms with Crippen LogP contribution in [0.25, 0.3) is 0 Å². The summed E-state index contributed by atoms with van der Waals surface area (Å²) in [5.74, 6) is 0. The van der Waals surface area contributed by atoms with Crippen LogP contribution >= 0.6 is 39.5 Å². The molecule has 0 bridgehead atoms. The van der Waals surface area contributed by atoms with Crippen molar-refractivity contribution in [3.63, 3.8) is 0 Å². The zero-order valence-electron chi connectivity index (χ0n) is 8.92. The first-order chi connectivity index (χ1) is 7.13. The van der Waals surface area contributed by atoms with E-state index in [1.165, 1.54) is 9.35 Å². The number of hydrogen-bond donors (Lipinski definition) is 1. The lowest BCUT2D eigenvalue weighted by molar-refractivity contribution is 0.489. The summed E-state index contributed by atoms with van der Waals surface area (Å²) in [6.07, 6.45) is 1.10. The summed E-state index contributed by atoms with van der Waals surface area (Å²) in [6.45, 7) is 3.93. The number of rotatable bonds is 4. The Morgan fingerprint density at radius 2 is 2.40 bits per heavy atom. The summed E-state index contributed by atoms with van der Waals surface area (Å²) < 4.78 is 1.17. The molecule has 0 unspecified atom stereocenters. The van der Waals surface area contributed by atoms with E-state index < -0.39 is 0 Å². The summed E-state index contributed by atoms with van der Waals surface area (Å²) in [6, 6.07) is 2.13. The summed E-state index contributed by atoms with van der Waals surface area (Å²) in [5, 5.41) is 6.17. The Labute approximate surface area is 109 Å².